The molecule has 27 heavy (non-hydrogen) atoms. The van der Waals surface area contributed by atoms with E-state index < -0.39 is 0 Å². The summed E-state index contributed by atoms with van der Waals surface area (Å²) in [5.74, 6) is 2.43. The predicted octanol–water partition coefficient (Wildman–Crippen LogP) is 2.70. The normalized spacial score (nSPS) is 14.4. The lowest BCUT2D eigenvalue weighted by Gasteiger charge is -2.35. The Bertz CT molecular complexity index is 951. The molecule has 0 N–H and O–H groups in total. The SMILES string of the molecule is Cc1nc(N2CCN(C(=O)c3ccccc3Br)CC2)cc(-n2ccnc2)n1. The van der Waals surface area contributed by atoms with Crippen molar-refractivity contribution in [1.82, 2.24) is 24.4 Å². The molecule has 4 rings (SSSR count). The highest BCUT2D eigenvalue weighted by Crippen LogP contribution is 2.21. The van der Waals surface area contributed by atoms with E-state index in [1.807, 2.05) is 52.9 Å². The van der Waals surface area contributed by atoms with Crippen LogP contribution in [0.2, 0.25) is 0 Å². The van der Waals surface area contributed by atoms with Gasteiger partial charge < -0.3 is 9.80 Å². The molecule has 1 fully saturated rings. The van der Waals surface area contributed by atoms with Crippen LogP contribution in [0, 0.1) is 6.92 Å². The van der Waals surface area contributed by atoms with Gasteiger partial charge in [-0.3, -0.25) is 9.36 Å². The minimum absolute atomic E-state index is 0.0556. The molecule has 7 nitrogen and oxygen atoms in total. The number of halogens is 1. The Morgan fingerprint density at radius 1 is 1.07 bits per heavy atom. The molecule has 0 atom stereocenters. The standard InChI is InChI=1S/C19H19BrN6O/c1-14-22-17(12-18(23-14)26-7-6-21-13-26)24-8-10-25(11-9-24)19(27)15-4-2-3-5-16(15)20/h2-7,12-13H,8-11H2,1H3. The highest BCUT2D eigenvalue weighted by molar-refractivity contribution is 9.10. The van der Waals surface area contributed by atoms with Crippen molar-refractivity contribution in [3.63, 3.8) is 0 Å². The van der Waals surface area contributed by atoms with Gasteiger partial charge in [0.05, 0.1) is 5.56 Å². The van der Waals surface area contributed by atoms with Crippen LogP contribution in [-0.2, 0) is 0 Å². The van der Waals surface area contributed by atoms with Crippen molar-refractivity contribution in [2.75, 3.05) is 31.1 Å². The molecular weight excluding hydrogens is 408 g/mol. The zero-order valence-electron chi connectivity index (χ0n) is 14.9. The first-order valence-electron chi connectivity index (χ1n) is 8.74. The minimum Gasteiger partial charge on any atom is -0.353 e. The molecule has 0 bridgehead atoms. The average Bonchev–Trinajstić information content (AvgIpc) is 3.22. The van der Waals surface area contributed by atoms with Gasteiger partial charge in [-0.25, -0.2) is 15.0 Å². The Hall–Kier alpha value is -2.74. The summed E-state index contributed by atoms with van der Waals surface area (Å²) in [6, 6.07) is 9.50. The molecule has 138 valence electrons. The van der Waals surface area contributed by atoms with E-state index in [1.165, 1.54) is 0 Å². The topological polar surface area (TPSA) is 67.2 Å². The number of carbonyl (C=O) groups is 1. The number of benzene rings is 1. The van der Waals surface area contributed by atoms with Crippen molar-refractivity contribution in [3.05, 3.63) is 64.9 Å². The summed E-state index contributed by atoms with van der Waals surface area (Å²) in [6.45, 7) is 4.66. The second kappa shape index (κ2) is 7.48. The third kappa shape index (κ3) is 3.71. The molecule has 2 aromatic heterocycles. The van der Waals surface area contributed by atoms with Crippen LogP contribution in [0.3, 0.4) is 0 Å². The number of rotatable bonds is 3. The molecule has 1 saturated heterocycles. The molecule has 0 aliphatic carbocycles. The molecule has 1 amide bonds. The third-order valence-corrected chi connectivity index (χ3v) is 5.27. The highest BCUT2D eigenvalue weighted by Gasteiger charge is 2.24. The van der Waals surface area contributed by atoms with Crippen LogP contribution in [0.4, 0.5) is 5.82 Å². The quantitative estimate of drug-likeness (QED) is 0.643. The predicted molar refractivity (Wildman–Crippen MR) is 106 cm³/mol. The Balaban J connectivity index is 1.48. The van der Waals surface area contributed by atoms with Crippen molar-refractivity contribution < 1.29 is 4.79 Å². The maximum atomic E-state index is 12.8. The lowest BCUT2D eigenvalue weighted by Crippen LogP contribution is -2.49. The van der Waals surface area contributed by atoms with Gasteiger partial charge >= 0.3 is 0 Å². The van der Waals surface area contributed by atoms with Gasteiger partial charge in [0.2, 0.25) is 0 Å². The Morgan fingerprint density at radius 3 is 2.52 bits per heavy atom. The fourth-order valence-electron chi connectivity index (χ4n) is 3.17. The van der Waals surface area contributed by atoms with Crippen molar-refractivity contribution in [3.8, 4) is 5.82 Å². The number of carbonyl (C=O) groups excluding carboxylic acids is 1. The molecular formula is C19H19BrN6O. The van der Waals surface area contributed by atoms with E-state index in [9.17, 15) is 4.79 Å². The van der Waals surface area contributed by atoms with Crippen LogP contribution in [0.25, 0.3) is 5.82 Å². The molecule has 0 unspecified atom stereocenters. The van der Waals surface area contributed by atoms with E-state index in [2.05, 4.69) is 35.8 Å². The van der Waals surface area contributed by atoms with Crippen LogP contribution in [0.5, 0.6) is 0 Å². The van der Waals surface area contributed by atoms with Crippen LogP contribution in [0.15, 0.2) is 53.5 Å². The van der Waals surface area contributed by atoms with Crippen molar-refractivity contribution in [1.29, 1.82) is 0 Å². The van der Waals surface area contributed by atoms with Gasteiger partial charge in [-0.2, -0.15) is 0 Å². The first kappa shape index (κ1) is 17.7. The summed E-state index contributed by atoms with van der Waals surface area (Å²) >= 11 is 3.46. The molecule has 0 saturated carbocycles. The van der Waals surface area contributed by atoms with Crippen LogP contribution in [0.1, 0.15) is 16.2 Å². The van der Waals surface area contributed by atoms with Gasteiger partial charge in [-0.05, 0) is 35.0 Å². The van der Waals surface area contributed by atoms with E-state index in [0.717, 1.165) is 29.2 Å². The highest BCUT2D eigenvalue weighted by atomic mass is 79.9. The van der Waals surface area contributed by atoms with Crippen LogP contribution in [-0.4, -0.2) is 56.5 Å². The lowest BCUT2D eigenvalue weighted by atomic mass is 10.2. The number of piperazine rings is 1. The molecule has 1 aliphatic rings. The molecule has 3 aromatic rings. The van der Waals surface area contributed by atoms with Gasteiger partial charge in [0.1, 0.15) is 23.8 Å². The molecule has 8 heteroatoms. The molecule has 1 aromatic carbocycles. The van der Waals surface area contributed by atoms with Gasteiger partial charge in [0.15, 0.2) is 0 Å². The molecule has 3 heterocycles. The summed E-state index contributed by atoms with van der Waals surface area (Å²) in [5, 5.41) is 0. The average molecular weight is 427 g/mol. The molecule has 1 aliphatic heterocycles. The zero-order valence-corrected chi connectivity index (χ0v) is 16.5. The Labute approximate surface area is 165 Å². The van der Waals surface area contributed by atoms with E-state index in [4.69, 9.17) is 0 Å². The van der Waals surface area contributed by atoms with E-state index >= 15 is 0 Å². The number of anilines is 1. The Kier molecular flexibility index (Phi) is 4.89. The summed E-state index contributed by atoms with van der Waals surface area (Å²) < 4.78 is 2.69. The number of aryl methyl sites for hydroxylation is 1. The number of aromatic nitrogens is 4. The smallest absolute Gasteiger partial charge is 0.255 e. The van der Waals surface area contributed by atoms with Gasteiger partial charge in [0.25, 0.3) is 5.91 Å². The maximum Gasteiger partial charge on any atom is 0.255 e. The third-order valence-electron chi connectivity index (χ3n) is 4.57. The van der Waals surface area contributed by atoms with Gasteiger partial charge in [-0.15, -0.1) is 0 Å². The zero-order chi connectivity index (χ0) is 18.8. The van der Waals surface area contributed by atoms with Gasteiger partial charge in [-0.1, -0.05) is 12.1 Å². The summed E-state index contributed by atoms with van der Waals surface area (Å²) in [6.07, 6.45) is 5.31. The number of nitrogens with zero attached hydrogens (tertiary/aromatic N) is 6. The van der Waals surface area contributed by atoms with E-state index in [0.29, 0.717) is 24.5 Å². The fraction of sp³-hybridized carbons (Fsp3) is 0.263. The number of hydrogen-bond donors (Lipinski definition) is 0. The van der Waals surface area contributed by atoms with Crippen LogP contribution < -0.4 is 4.90 Å². The van der Waals surface area contributed by atoms with Gasteiger partial charge in [0, 0.05) is 49.1 Å². The maximum absolute atomic E-state index is 12.8. The van der Waals surface area contributed by atoms with Crippen molar-refractivity contribution in [2.45, 2.75) is 6.92 Å². The summed E-state index contributed by atoms with van der Waals surface area (Å²) in [4.78, 5) is 30.0. The monoisotopic (exact) mass is 426 g/mol. The molecule has 0 radical (unpaired) electrons. The number of imidazole rings is 1. The minimum atomic E-state index is 0.0556. The largest absolute Gasteiger partial charge is 0.353 e. The second-order valence-electron chi connectivity index (χ2n) is 6.36. The first-order valence-corrected chi connectivity index (χ1v) is 9.54. The number of hydrogen-bond acceptors (Lipinski definition) is 5. The van der Waals surface area contributed by atoms with Crippen molar-refractivity contribution in [2.24, 2.45) is 0 Å². The van der Waals surface area contributed by atoms with E-state index in [1.54, 1.807) is 12.5 Å². The fourth-order valence-corrected chi connectivity index (χ4v) is 3.62. The lowest BCUT2D eigenvalue weighted by molar-refractivity contribution is 0.0745. The Morgan fingerprint density at radius 2 is 1.81 bits per heavy atom. The summed E-state index contributed by atoms with van der Waals surface area (Å²) in [5.41, 5.74) is 0.700. The first-order chi connectivity index (χ1) is 13.1. The van der Waals surface area contributed by atoms with Crippen LogP contribution >= 0.6 is 15.9 Å². The molecule has 0 spiro atoms. The summed E-state index contributed by atoms with van der Waals surface area (Å²) in [7, 11) is 0. The van der Waals surface area contributed by atoms with E-state index in [-0.39, 0.29) is 5.91 Å². The van der Waals surface area contributed by atoms with Crippen molar-refractivity contribution >= 4 is 27.7 Å². The second-order valence-corrected chi connectivity index (χ2v) is 7.21. The number of amides is 1.